The summed E-state index contributed by atoms with van der Waals surface area (Å²) in [5.41, 5.74) is 1.18. The van der Waals surface area contributed by atoms with Gasteiger partial charge < -0.3 is 14.2 Å². The number of rotatable bonds is 6. The Kier molecular flexibility index (Phi) is 6.38. The van der Waals surface area contributed by atoms with Crippen LogP contribution in [0.5, 0.6) is 0 Å². The van der Waals surface area contributed by atoms with Gasteiger partial charge in [-0.25, -0.2) is 0 Å². The highest BCUT2D eigenvalue weighted by molar-refractivity contribution is 6.31. The van der Waals surface area contributed by atoms with Crippen molar-refractivity contribution in [2.45, 2.75) is 64.1 Å². The lowest BCUT2D eigenvalue weighted by atomic mass is 9.93. The van der Waals surface area contributed by atoms with E-state index in [4.69, 9.17) is 16.0 Å². The van der Waals surface area contributed by atoms with Gasteiger partial charge in [-0.05, 0) is 56.7 Å². The molecule has 0 bridgehead atoms. The molecule has 2 heterocycles. The van der Waals surface area contributed by atoms with E-state index in [1.807, 2.05) is 29.2 Å². The molecule has 0 radical (unpaired) electrons. The van der Waals surface area contributed by atoms with Crippen LogP contribution in [0.2, 0.25) is 5.02 Å². The Morgan fingerprint density at radius 2 is 1.75 bits per heavy atom. The topological polar surface area (TPSA) is 37.9 Å². The summed E-state index contributed by atoms with van der Waals surface area (Å²) in [6.07, 6.45) is 8.62. The molecule has 2 fully saturated rings. The van der Waals surface area contributed by atoms with Crippen molar-refractivity contribution in [2.75, 3.05) is 13.1 Å². The summed E-state index contributed by atoms with van der Waals surface area (Å²) in [6, 6.07) is 12.6. The molecule has 1 atom stereocenters. The molecule has 2 aromatic rings. The van der Waals surface area contributed by atoms with Gasteiger partial charge >= 0.3 is 0 Å². The van der Waals surface area contributed by atoms with Gasteiger partial charge in [-0.2, -0.15) is 0 Å². The lowest BCUT2D eigenvalue weighted by Crippen LogP contribution is -3.13. The van der Waals surface area contributed by atoms with Crippen molar-refractivity contribution in [1.29, 1.82) is 0 Å². The molecule has 2 aliphatic rings. The van der Waals surface area contributed by atoms with Crippen LogP contribution in [0.4, 0.5) is 0 Å². The number of halogens is 1. The van der Waals surface area contributed by atoms with Crippen LogP contribution in [0.25, 0.3) is 0 Å². The van der Waals surface area contributed by atoms with Crippen LogP contribution >= 0.6 is 11.6 Å². The van der Waals surface area contributed by atoms with Crippen molar-refractivity contribution in [3.8, 4) is 0 Å². The number of benzene rings is 1. The maximum atomic E-state index is 12.6. The molecular formula is C23H30ClN2O2+. The molecule has 1 unspecified atom stereocenters. The normalized spacial score (nSPS) is 19.1. The fourth-order valence-corrected chi connectivity index (χ4v) is 4.84. The number of carbonyl (C=O) groups excluding carboxylic acids is 1. The van der Waals surface area contributed by atoms with Crippen molar-refractivity contribution in [1.82, 2.24) is 4.90 Å². The molecule has 1 amide bonds. The zero-order chi connectivity index (χ0) is 19.3. The molecule has 4 rings (SSSR count). The minimum atomic E-state index is 0.0362. The number of amides is 1. The number of hydrogen-bond donors (Lipinski definition) is 1. The Bertz CT molecular complexity index is 791. The molecule has 1 N–H and O–H groups in total. The van der Waals surface area contributed by atoms with E-state index in [0.29, 0.717) is 11.8 Å². The summed E-state index contributed by atoms with van der Waals surface area (Å²) in [6.45, 7) is 3.38. The Morgan fingerprint density at radius 3 is 2.50 bits per heavy atom. The molecule has 0 spiro atoms. The van der Waals surface area contributed by atoms with Gasteiger partial charge in [0, 0.05) is 23.7 Å². The average Bonchev–Trinajstić information content (AvgIpc) is 3.42. The number of quaternary nitrogens is 1. The van der Waals surface area contributed by atoms with E-state index in [1.165, 1.54) is 42.6 Å². The molecule has 4 nitrogen and oxygen atoms in total. The largest absolute Gasteiger partial charge is 0.450 e. The second-order valence-corrected chi connectivity index (χ2v) is 8.61. The van der Waals surface area contributed by atoms with E-state index >= 15 is 0 Å². The third-order valence-electron chi connectivity index (χ3n) is 6.22. The van der Waals surface area contributed by atoms with Crippen molar-refractivity contribution < 1.29 is 14.1 Å². The lowest BCUT2D eigenvalue weighted by molar-refractivity contribution is -0.954. The van der Waals surface area contributed by atoms with Gasteiger partial charge in [-0.15, -0.1) is 0 Å². The molecular weight excluding hydrogens is 372 g/mol. The highest BCUT2D eigenvalue weighted by atomic mass is 35.5. The van der Waals surface area contributed by atoms with Crippen molar-refractivity contribution in [3.63, 3.8) is 0 Å². The summed E-state index contributed by atoms with van der Waals surface area (Å²) < 4.78 is 6.00. The van der Waals surface area contributed by atoms with E-state index in [1.54, 1.807) is 0 Å². The second kappa shape index (κ2) is 9.15. The van der Waals surface area contributed by atoms with Crippen molar-refractivity contribution >= 4 is 17.5 Å². The fourth-order valence-electron chi connectivity index (χ4n) is 4.64. The minimum absolute atomic E-state index is 0.0362. The first-order chi connectivity index (χ1) is 13.7. The zero-order valence-corrected chi connectivity index (χ0v) is 17.2. The van der Waals surface area contributed by atoms with Crippen LogP contribution in [-0.4, -0.2) is 29.9 Å². The maximum absolute atomic E-state index is 12.6. The van der Waals surface area contributed by atoms with Gasteiger partial charge in [0.1, 0.15) is 13.1 Å². The lowest BCUT2D eigenvalue weighted by Gasteiger charge is -2.31. The average molecular weight is 402 g/mol. The van der Waals surface area contributed by atoms with Gasteiger partial charge in [-0.3, -0.25) is 4.79 Å². The smallest absolute Gasteiger partial charge is 0.289 e. The monoisotopic (exact) mass is 401 g/mol. The number of carbonyl (C=O) groups is 1. The molecule has 150 valence electrons. The molecule has 1 aromatic heterocycles. The number of nitrogens with zero attached hydrogens (tertiary/aromatic N) is 1. The summed E-state index contributed by atoms with van der Waals surface area (Å²) in [5, 5.41) is 0.833. The number of likely N-dealkylation sites (tertiary alicyclic amines) is 1. The summed E-state index contributed by atoms with van der Waals surface area (Å²) in [7, 11) is 0. The van der Waals surface area contributed by atoms with Gasteiger partial charge in [0.2, 0.25) is 0 Å². The predicted molar refractivity (Wildman–Crippen MR) is 111 cm³/mol. The molecule has 5 heteroatoms. The molecule has 1 saturated carbocycles. The van der Waals surface area contributed by atoms with Gasteiger partial charge in [0.15, 0.2) is 11.5 Å². The van der Waals surface area contributed by atoms with Crippen molar-refractivity contribution in [2.24, 2.45) is 0 Å². The van der Waals surface area contributed by atoms with E-state index in [-0.39, 0.29) is 5.91 Å². The Hall–Kier alpha value is -1.78. The van der Waals surface area contributed by atoms with Crippen LogP contribution < -0.4 is 4.90 Å². The minimum Gasteiger partial charge on any atom is -0.450 e. The van der Waals surface area contributed by atoms with E-state index in [0.717, 1.165) is 49.8 Å². The molecule has 1 aromatic carbocycles. The standard InChI is InChI=1S/C23H29ClN2O2/c24-21-11-5-4-8-18(21)16-26(19-9-2-1-3-10-19)17-20-12-13-22(28-20)23(27)25-14-6-7-15-25/h4-5,8,11-13,19H,1-3,6-7,9-10,14-17H2/p+1. The predicted octanol–water partition coefficient (Wildman–Crippen LogP) is 4.09. The van der Waals surface area contributed by atoms with E-state index in [2.05, 4.69) is 12.1 Å². The van der Waals surface area contributed by atoms with Crippen LogP contribution in [0.3, 0.4) is 0 Å². The Morgan fingerprint density at radius 1 is 1.00 bits per heavy atom. The van der Waals surface area contributed by atoms with Gasteiger partial charge in [0.25, 0.3) is 5.91 Å². The summed E-state index contributed by atoms with van der Waals surface area (Å²) >= 11 is 6.44. The second-order valence-electron chi connectivity index (χ2n) is 8.20. The third kappa shape index (κ3) is 4.61. The van der Waals surface area contributed by atoms with Crippen LogP contribution in [0.1, 0.15) is 66.8 Å². The van der Waals surface area contributed by atoms with Crippen molar-refractivity contribution in [3.05, 3.63) is 58.5 Å². The van der Waals surface area contributed by atoms with Crippen LogP contribution in [0.15, 0.2) is 40.8 Å². The molecule has 28 heavy (non-hydrogen) atoms. The number of nitrogens with one attached hydrogen (secondary N) is 1. The van der Waals surface area contributed by atoms with Gasteiger partial charge in [0.05, 0.1) is 6.04 Å². The first-order valence-corrected chi connectivity index (χ1v) is 11.0. The fraction of sp³-hybridized carbons (Fsp3) is 0.522. The summed E-state index contributed by atoms with van der Waals surface area (Å²) in [5.74, 6) is 1.42. The third-order valence-corrected chi connectivity index (χ3v) is 6.59. The quantitative estimate of drug-likeness (QED) is 0.791. The Labute approximate surface area is 172 Å². The first kappa shape index (κ1) is 19.5. The molecule has 1 saturated heterocycles. The number of hydrogen-bond acceptors (Lipinski definition) is 2. The zero-order valence-electron chi connectivity index (χ0n) is 16.5. The molecule has 1 aliphatic heterocycles. The van der Waals surface area contributed by atoms with Crippen LogP contribution in [-0.2, 0) is 13.1 Å². The number of furan rings is 1. The summed E-state index contributed by atoms with van der Waals surface area (Å²) in [4.78, 5) is 16.0. The van der Waals surface area contributed by atoms with E-state index in [9.17, 15) is 4.79 Å². The maximum Gasteiger partial charge on any atom is 0.289 e. The highest BCUT2D eigenvalue weighted by Crippen LogP contribution is 2.19. The SMILES string of the molecule is O=C(c1ccc(C[NH+](Cc2ccccc2Cl)C2CCCCC2)o1)N1CCCC1. The Balaban J connectivity index is 1.49. The van der Waals surface area contributed by atoms with Gasteiger partial charge in [-0.1, -0.05) is 36.2 Å². The molecule has 1 aliphatic carbocycles. The first-order valence-electron chi connectivity index (χ1n) is 10.7. The highest BCUT2D eigenvalue weighted by Gasteiger charge is 2.28. The van der Waals surface area contributed by atoms with E-state index < -0.39 is 0 Å². The van der Waals surface area contributed by atoms with Crippen LogP contribution in [0, 0.1) is 0 Å².